The Labute approximate surface area is 170 Å². The Kier molecular flexibility index (Phi) is 5.78. The number of ether oxygens (including phenoxy) is 2. The SMILES string of the molecule is COc1cc(-c2c(-c3ccccc3)cnc(N)c2C#N)cc(Br)c1OCC#N. The van der Waals surface area contributed by atoms with Crippen molar-refractivity contribution in [1.82, 2.24) is 4.98 Å². The van der Waals surface area contributed by atoms with Crippen molar-refractivity contribution in [3.8, 4) is 45.9 Å². The van der Waals surface area contributed by atoms with Crippen LogP contribution in [0.2, 0.25) is 0 Å². The van der Waals surface area contributed by atoms with Crippen molar-refractivity contribution in [2.45, 2.75) is 0 Å². The van der Waals surface area contributed by atoms with E-state index in [2.05, 4.69) is 27.0 Å². The highest BCUT2D eigenvalue weighted by atomic mass is 79.9. The van der Waals surface area contributed by atoms with Gasteiger partial charge in [0.2, 0.25) is 0 Å². The molecule has 0 fully saturated rings. The van der Waals surface area contributed by atoms with Crippen LogP contribution in [-0.4, -0.2) is 18.7 Å². The van der Waals surface area contributed by atoms with E-state index in [9.17, 15) is 5.26 Å². The molecule has 1 aromatic heterocycles. The number of rotatable bonds is 5. The molecule has 0 radical (unpaired) electrons. The molecule has 0 spiro atoms. The van der Waals surface area contributed by atoms with E-state index in [4.69, 9.17) is 20.5 Å². The minimum atomic E-state index is -0.116. The van der Waals surface area contributed by atoms with Crippen LogP contribution < -0.4 is 15.2 Å². The Morgan fingerprint density at radius 1 is 1.14 bits per heavy atom. The second kappa shape index (κ2) is 8.43. The van der Waals surface area contributed by atoms with E-state index >= 15 is 0 Å². The fraction of sp³-hybridized carbons (Fsp3) is 0.0952. The number of anilines is 1. The molecule has 0 aliphatic rings. The maximum Gasteiger partial charge on any atom is 0.176 e. The predicted molar refractivity (Wildman–Crippen MR) is 110 cm³/mol. The first kappa shape index (κ1) is 19.2. The molecule has 28 heavy (non-hydrogen) atoms. The van der Waals surface area contributed by atoms with E-state index in [1.54, 1.807) is 18.3 Å². The highest BCUT2D eigenvalue weighted by Crippen LogP contribution is 2.43. The summed E-state index contributed by atoms with van der Waals surface area (Å²) in [6, 6.07) is 17.3. The van der Waals surface area contributed by atoms with E-state index in [-0.39, 0.29) is 18.0 Å². The first-order valence-electron chi connectivity index (χ1n) is 8.22. The van der Waals surface area contributed by atoms with Gasteiger partial charge in [-0.15, -0.1) is 0 Å². The molecule has 1 heterocycles. The molecular formula is C21H15BrN4O2. The lowest BCUT2D eigenvalue weighted by molar-refractivity contribution is 0.328. The number of nitrogens with zero attached hydrogens (tertiary/aromatic N) is 3. The number of nitriles is 2. The minimum Gasteiger partial charge on any atom is -0.493 e. The third-order valence-electron chi connectivity index (χ3n) is 4.10. The van der Waals surface area contributed by atoms with Crippen molar-refractivity contribution in [3.05, 3.63) is 58.7 Å². The zero-order valence-electron chi connectivity index (χ0n) is 14.9. The number of hydrogen-bond acceptors (Lipinski definition) is 6. The van der Waals surface area contributed by atoms with Gasteiger partial charge in [0.05, 0.1) is 11.6 Å². The van der Waals surface area contributed by atoms with Gasteiger partial charge in [-0.25, -0.2) is 4.98 Å². The number of benzene rings is 2. The predicted octanol–water partition coefficient (Wildman–Crippen LogP) is 4.54. The van der Waals surface area contributed by atoms with Crippen LogP contribution in [0.5, 0.6) is 11.5 Å². The van der Waals surface area contributed by atoms with Gasteiger partial charge in [0, 0.05) is 17.3 Å². The third-order valence-corrected chi connectivity index (χ3v) is 4.69. The van der Waals surface area contributed by atoms with Crippen molar-refractivity contribution >= 4 is 21.7 Å². The molecule has 3 aromatic rings. The van der Waals surface area contributed by atoms with Crippen LogP contribution in [0.25, 0.3) is 22.3 Å². The number of hydrogen-bond donors (Lipinski definition) is 1. The summed E-state index contributed by atoms with van der Waals surface area (Å²) in [7, 11) is 1.51. The zero-order chi connectivity index (χ0) is 20.1. The highest BCUT2D eigenvalue weighted by Gasteiger charge is 2.20. The standard InChI is InChI=1S/C21H15BrN4O2/c1-27-18-10-14(9-17(22)20(18)28-8-7-23)19-15(11-24)21(25)26-12-16(19)13-5-3-2-4-6-13/h2-6,9-10,12H,8H2,1H3,(H2,25,26). The lowest BCUT2D eigenvalue weighted by Crippen LogP contribution is -2.01. The average Bonchev–Trinajstić information content (AvgIpc) is 2.72. The normalized spacial score (nSPS) is 10.0. The monoisotopic (exact) mass is 434 g/mol. The minimum absolute atomic E-state index is 0.116. The van der Waals surface area contributed by atoms with Gasteiger partial charge in [-0.2, -0.15) is 10.5 Å². The van der Waals surface area contributed by atoms with E-state index in [0.717, 1.165) is 11.1 Å². The Morgan fingerprint density at radius 2 is 1.89 bits per heavy atom. The molecule has 0 bridgehead atoms. The average molecular weight is 435 g/mol. The molecule has 0 saturated heterocycles. The number of halogens is 1. The number of pyridine rings is 1. The summed E-state index contributed by atoms with van der Waals surface area (Å²) in [4.78, 5) is 4.19. The van der Waals surface area contributed by atoms with E-state index in [1.807, 2.05) is 36.4 Å². The van der Waals surface area contributed by atoms with Crippen molar-refractivity contribution in [2.24, 2.45) is 0 Å². The van der Waals surface area contributed by atoms with E-state index in [1.165, 1.54) is 7.11 Å². The molecule has 0 amide bonds. The highest BCUT2D eigenvalue weighted by molar-refractivity contribution is 9.10. The maximum absolute atomic E-state index is 9.72. The van der Waals surface area contributed by atoms with Crippen molar-refractivity contribution in [3.63, 3.8) is 0 Å². The van der Waals surface area contributed by atoms with Crippen molar-refractivity contribution < 1.29 is 9.47 Å². The maximum atomic E-state index is 9.72. The second-order valence-electron chi connectivity index (χ2n) is 5.72. The summed E-state index contributed by atoms with van der Waals surface area (Å²) in [5.74, 6) is 0.990. The Balaban J connectivity index is 2.29. The summed E-state index contributed by atoms with van der Waals surface area (Å²) >= 11 is 3.47. The zero-order valence-corrected chi connectivity index (χ0v) is 16.5. The molecular weight excluding hydrogens is 420 g/mol. The first-order valence-corrected chi connectivity index (χ1v) is 9.01. The molecule has 7 heteroatoms. The topological polar surface area (TPSA) is 105 Å². The van der Waals surface area contributed by atoms with Crippen molar-refractivity contribution in [2.75, 3.05) is 19.5 Å². The van der Waals surface area contributed by atoms with E-state index < -0.39 is 0 Å². The van der Waals surface area contributed by atoms with Crippen LogP contribution in [0.3, 0.4) is 0 Å². The molecule has 2 N–H and O–H groups in total. The van der Waals surface area contributed by atoms with Gasteiger partial charge in [0.15, 0.2) is 18.1 Å². The molecule has 0 aliphatic heterocycles. The van der Waals surface area contributed by atoms with Gasteiger partial charge >= 0.3 is 0 Å². The van der Waals surface area contributed by atoms with Gasteiger partial charge in [-0.1, -0.05) is 30.3 Å². The summed E-state index contributed by atoms with van der Waals surface area (Å²) < 4.78 is 11.5. The Morgan fingerprint density at radius 3 is 2.54 bits per heavy atom. The smallest absolute Gasteiger partial charge is 0.176 e. The summed E-state index contributed by atoms with van der Waals surface area (Å²) in [6.45, 7) is -0.116. The van der Waals surface area contributed by atoms with Gasteiger partial charge in [-0.05, 0) is 39.2 Å². The summed E-state index contributed by atoms with van der Waals surface area (Å²) in [6.07, 6.45) is 1.65. The molecule has 0 saturated carbocycles. The van der Waals surface area contributed by atoms with Crippen molar-refractivity contribution in [1.29, 1.82) is 10.5 Å². The number of nitrogen functional groups attached to an aromatic ring is 1. The molecule has 0 atom stereocenters. The molecule has 0 aliphatic carbocycles. The quantitative estimate of drug-likeness (QED) is 0.631. The molecule has 6 nitrogen and oxygen atoms in total. The largest absolute Gasteiger partial charge is 0.493 e. The second-order valence-corrected chi connectivity index (χ2v) is 6.58. The number of nitrogens with two attached hydrogens (primary N) is 1. The fourth-order valence-corrected chi connectivity index (χ4v) is 3.44. The molecule has 2 aromatic carbocycles. The summed E-state index contributed by atoms with van der Waals surface area (Å²) in [5, 5.41) is 18.5. The van der Waals surface area contributed by atoms with Gasteiger partial charge < -0.3 is 15.2 Å². The summed E-state index contributed by atoms with van der Waals surface area (Å²) in [5.41, 5.74) is 9.29. The van der Waals surface area contributed by atoms with Gasteiger partial charge in [0.25, 0.3) is 0 Å². The third kappa shape index (κ3) is 3.62. The van der Waals surface area contributed by atoms with Crippen LogP contribution in [0.15, 0.2) is 53.1 Å². The number of methoxy groups -OCH3 is 1. The molecule has 0 unspecified atom stereocenters. The van der Waals surface area contributed by atoms with Gasteiger partial charge in [-0.3, -0.25) is 0 Å². The Bertz CT molecular complexity index is 1100. The van der Waals surface area contributed by atoms with Gasteiger partial charge in [0.1, 0.15) is 23.5 Å². The molecule has 138 valence electrons. The van der Waals surface area contributed by atoms with Crippen LogP contribution in [0.1, 0.15) is 5.56 Å². The first-order chi connectivity index (χ1) is 13.6. The van der Waals surface area contributed by atoms with E-state index in [0.29, 0.717) is 27.1 Å². The van der Waals surface area contributed by atoms with Crippen LogP contribution in [-0.2, 0) is 0 Å². The lowest BCUT2D eigenvalue weighted by atomic mass is 9.92. The number of aromatic nitrogens is 1. The molecule has 3 rings (SSSR count). The van der Waals surface area contributed by atoms with Crippen LogP contribution in [0.4, 0.5) is 5.82 Å². The van der Waals surface area contributed by atoms with Crippen LogP contribution >= 0.6 is 15.9 Å². The fourth-order valence-electron chi connectivity index (χ4n) is 2.88. The Hall–Kier alpha value is -3.55. The lowest BCUT2D eigenvalue weighted by Gasteiger charge is -2.17. The van der Waals surface area contributed by atoms with Crippen LogP contribution in [0, 0.1) is 22.7 Å².